The summed E-state index contributed by atoms with van der Waals surface area (Å²) in [6.07, 6.45) is 4.51. The SMILES string of the molecule is CNC(=O)C1CCCN1C(=O)CNC(=O)c1cc(-c2ccco2)nc2c1cnn2C(C)C. The number of nitrogens with zero attached hydrogens (tertiary/aromatic N) is 4. The van der Waals surface area contributed by atoms with E-state index >= 15 is 0 Å². The van der Waals surface area contributed by atoms with Crippen LogP contribution in [0.15, 0.2) is 35.1 Å². The molecule has 1 atom stereocenters. The lowest BCUT2D eigenvalue weighted by Crippen LogP contribution is -2.48. The highest BCUT2D eigenvalue weighted by molar-refractivity contribution is 6.07. The second kappa shape index (κ2) is 8.81. The van der Waals surface area contributed by atoms with Crippen LogP contribution >= 0.6 is 0 Å². The van der Waals surface area contributed by atoms with Gasteiger partial charge in [0.15, 0.2) is 11.4 Å². The van der Waals surface area contributed by atoms with Crippen molar-refractivity contribution in [3.8, 4) is 11.5 Å². The summed E-state index contributed by atoms with van der Waals surface area (Å²) in [5, 5.41) is 10.3. The van der Waals surface area contributed by atoms with Gasteiger partial charge in [0.1, 0.15) is 11.7 Å². The van der Waals surface area contributed by atoms with Crippen LogP contribution in [0.5, 0.6) is 0 Å². The van der Waals surface area contributed by atoms with Crippen LogP contribution in [0.4, 0.5) is 0 Å². The van der Waals surface area contributed by atoms with E-state index in [0.717, 1.165) is 6.42 Å². The Hall–Kier alpha value is -3.69. The predicted molar refractivity (Wildman–Crippen MR) is 117 cm³/mol. The largest absolute Gasteiger partial charge is 0.463 e. The Balaban J connectivity index is 1.59. The highest BCUT2D eigenvalue weighted by Gasteiger charge is 2.33. The van der Waals surface area contributed by atoms with Gasteiger partial charge in [-0.1, -0.05) is 0 Å². The Bertz CT molecular complexity index is 1150. The molecule has 1 aliphatic rings. The Morgan fingerprint density at radius 2 is 2.12 bits per heavy atom. The maximum Gasteiger partial charge on any atom is 0.252 e. The summed E-state index contributed by atoms with van der Waals surface area (Å²) in [6, 6.07) is 4.70. The molecule has 4 heterocycles. The van der Waals surface area contributed by atoms with Crippen molar-refractivity contribution in [2.75, 3.05) is 20.1 Å². The van der Waals surface area contributed by atoms with Crippen LogP contribution < -0.4 is 10.6 Å². The van der Waals surface area contributed by atoms with Crippen molar-refractivity contribution in [2.45, 2.75) is 38.8 Å². The van der Waals surface area contributed by atoms with Crippen LogP contribution in [0.3, 0.4) is 0 Å². The highest BCUT2D eigenvalue weighted by Crippen LogP contribution is 2.26. The number of hydrogen-bond acceptors (Lipinski definition) is 6. The van der Waals surface area contributed by atoms with Crippen molar-refractivity contribution >= 4 is 28.8 Å². The van der Waals surface area contributed by atoms with Crippen molar-refractivity contribution in [3.63, 3.8) is 0 Å². The zero-order chi connectivity index (χ0) is 22.8. The Kier molecular flexibility index (Phi) is 5.93. The number of aromatic nitrogens is 3. The fraction of sp³-hybridized carbons (Fsp3) is 0.409. The molecule has 0 aliphatic carbocycles. The molecule has 1 unspecified atom stereocenters. The molecule has 3 aromatic rings. The second-order valence-corrected chi connectivity index (χ2v) is 7.99. The van der Waals surface area contributed by atoms with E-state index in [9.17, 15) is 14.4 Å². The van der Waals surface area contributed by atoms with Gasteiger partial charge in [0.25, 0.3) is 5.91 Å². The minimum Gasteiger partial charge on any atom is -0.463 e. The van der Waals surface area contributed by atoms with Gasteiger partial charge in [-0.05, 0) is 44.9 Å². The monoisotopic (exact) mass is 438 g/mol. The third kappa shape index (κ3) is 3.95. The maximum atomic E-state index is 13.1. The molecule has 2 N–H and O–H groups in total. The molecular weight excluding hydrogens is 412 g/mol. The third-order valence-electron chi connectivity index (χ3n) is 5.60. The van der Waals surface area contributed by atoms with Crippen LogP contribution in [0.1, 0.15) is 43.1 Å². The topological polar surface area (TPSA) is 122 Å². The Morgan fingerprint density at radius 1 is 1.31 bits per heavy atom. The van der Waals surface area contributed by atoms with Gasteiger partial charge in [0.2, 0.25) is 11.8 Å². The normalized spacial score (nSPS) is 16.0. The van der Waals surface area contributed by atoms with Crippen molar-refractivity contribution in [3.05, 3.63) is 36.2 Å². The molecule has 0 saturated carbocycles. The summed E-state index contributed by atoms with van der Waals surface area (Å²) in [7, 11) is 1.55. The summed E-state index contributed by atoms with van der Waals surface area (Å²) < 4.78 is 7.21. The zero-order valence-electron chi connectivity index (χ0n) is 18.3. The van der Waals surface area contributed by atoms with E-state index in [2.05, 4.69) is 20.7 Å². The molecule has 32 heavy (non-hydrogen) atoms. The Labute approximate surface area is 185 Å². The average Bonchev–Trinajstić information content (AvgIpc) is 3.55. The fourth-order valence-electron chi connectivity index (χ4n) is 3.99. The van der Waals surface area contributed by atoms with E-state index < -0.39 is 11.9 Å². The molecule has 1 fully saturated rings. The van der Waals surface area contributed by atoms with E-state index in [4.69, 9.17) is 4.42 Å². The summed E-state index contributed by atoms with van der Waals surface area (Å²) >= 11 is 0. The van der Waals surface area contributed by atoms with Crippen molar-refractivity contribution in [2.24, 2.45) is 0 Å². The number of likely N-dealkylation sites (N-methyl/N-ethyl adjacent to an activating group) is 1. The van der Waals surface area contributed by atoms with Gasteiger partial charge in [0.05, 0.1) is 30.0 Å². The van der Waals surface area contributed by atoms with Crippen molar-refractivity contribution in [1.82, 2.24) is 30.3 Å². The number of furan rings is 1. The van der Waals surface area contributed by atoms with E-state index in [0.29, 0.717) is 41.0 Å². The van der Waals surface area contributed by atoms with Gasteiger partial charge in [-0.3, -0.25) is 14.4 Å². The molecule has 10 nitrogen and oxygen atoms in total. The fourth-order valence-corrected chi connectivity index (χ4v) is 3.99. The molecule has 0 bridgehead atoms. The van der Waals surface area contributed by atoms with E-state index in [-0.39, 0.29) is 24.4 Å². The number of pyridine rings is 1. The van der Waals surface area contributed by atoms with Gasteiger partial charge in [-0.15, -0.1) is 0 Å². The lowest BCUT2D eigenvalue weighted by Gasteiger charge is -2.23. The molecule has 3 aromatic heterocycles. The molecule has 1 saturated heterocycles. The van der Waals surface area contributed by atoms with Gasteiger partial charge >= 0.3 is 0 Å². The first-order chi connectivity index (χ1) is 15.4. The summed E-state index contributed by atoms with van der Waals surface area (Å²) in [6.45, 7) is 4.25. The lowest BCUT2D eigenvalue weighted by atomic mass is 10.1. The first-order valence-corrected chi connectivity index (χ1v) is 10.6. The number of fused-ring (bicyclic) bond motifs is 1. The molecule has 4 rings (SSSR count). The number of nitrogens with one attached hydrogen (secondary N) is 2. The van der Waals surface area contributed by atoms with Gasteiger partial charge in [0, 0.05) is 19.6 Å². The summed E-state index contributed by atoms with van der Waals surface area (Å²) in [5.74, 6) is -0.377. The maximum absolute atomic E-state index is 13.1. The molecule has 10 heteroatoms. The zero-order valence-corrected chi connectivity index (χ0v) is 18.3. The van der Waals surface area contributed by atoms with Crippen LogP contribution in [-0.2, 0) is 9.59 Å². The van der Waals surface area contributed by atoms with Gasteiger partial charge < -0.3 is 20.0 Å². The molecule has 3 amide bonds. The van der Waals surface area contributed by atoms with Crippen LogP contribution in [0.25, 0.3) is 22.5 Å². The predicted octanol–water partition coefficient (Wildman–Crippen LogP) is 1.74. The Morgan fingerprint density at radius 3 is 2.81 bits per heavy atom. The summed E-state index contributed by atoms with van der Waals surface area (Å²) in [5.41, 5.74) is 1.41. The molecule has 1 aliphatic heterocycles. The van der Waals surface area contributed by atoms with E-state index in [1.54, 1.807) is 36.1 Å². The molecule has 168 valence electrons. The number of carbonyl (C=O) groups excluding carboxylic acids is 3. The minimum atomic E-state index is -0.494. The minimum absolute atomic E-state index is 0.0427. The summed E-state index contributed by atoms with van der Waals surface area (Å²) in [4.78, 5) is 44.0. The van der Waals surface area contributed by atoms with E-state index in [1.165, 1.54) is 11.2 Å². The van der Waals surface area contributed by atoms with Gasteiger partial charge in [-0.2, -0.15) is 5.10 Å². The standard InChI is InChI=1S/C22H26N6O4/c1-13(2)28-20-15(11-25-28)14(10-16(26-20)18-7-5-9-32-18)21(30)24-12-19(29)27-8-4-6-17(27)22(31)23-3/h5,7,9-11,13,17H,4,6,8,12H2,1-3H3,(H,23,31)(H,24,30). The number of likely N-dealkylation sites (tertiary alicyclic amines) is 1. The highest BCUT2D eigenvalue weighted by atomic mass is 16.3. The third-order valence-corrected chi connectivity index (χ3v) is 5.60. The molecule has 0 aromatic carbocycles. The van der Waals surface area contributed by atoms with E-state index in [1.807, 2.05) is 13.8 Å². The average molecular weight is 438 g/mol. The first kappa shape index (κ1) is 21.5. The number of rotatable bonds is 6. The second-order valence-electron chi connectivity index (χ2n) is 7.99. The van der Waals surface area contributed by atoms with Crippen LogP contribution in [0, 0.1) is 0 Å². The molecule has 0 radical (unpaired) electrons. The number of carbonyl (C=O) groups is 3. The van der Waals surface area contributed by atoms with Crippen molar-refractivity contribution < 1.29 is 18.8 Å². The smallest absolute Gasteiger partial charge is 0.252 e. The van der Waals surface area contributed by atoms with Gasteiger partial charge in [-0.25, -0.2) is 9.67 Å². The van der Waals surface area contributed by atoms with Crippen molar-refractivity contribution in [1.29, 1.82) is 0 Å². The number of hydrogen-bond donors (Lipinski definition) is 2. The quantitative estimate of drug-likeness (QED) is 0.604. The number of amides is 3. The molecular formula is C22H26N6O4. The van der Waals surface area contributed by atoms with Crippen LogP contribution in [0.2, 0.25) is 0 Å². The first-order valence-electron chi connectivity index (χ1n) is 10.6. The van der Waals surface area contributed by atoms with Crippen LogP contribution in [-0.4, -0.2) is 63.6 Å². The lowest BCUT2D eigenvalue weighted by molar-refractivity contribution is -0.137. The molecule has 0 spiro atoms.